The van der Waals surface area contributed by atoms with Crippen molar-refractivity contribution in [1.82, 2.24) is 10.6 Å². The molecule has 20 heavy (non-hydrogen) atoms. The first-order valence-electron chi connectivity index (χ1n) is 7.14. The summed E-state index contributed by atoms with van der Waals surface area (Å²) in [6, 6.07) is 4.16. The highest BCUT2D eigenvalue weighted by molar-refractivity contribution is 9.10. The molecule has 0 aromatic heterocycles. The van der Waals surface area contributed by atoms with E-state index >= 15 is 0 Å². The van der Waals surface area contributed by atoms with Gasteiger partial charge in [-0.25, -0.2) is 0 Å². The Morgan fingerprint density at radius 1 is 1.40 bits per heavy atom. The van der Waals surface area contributed by atoms with Crippen LogP contribution in [0.2, 0.25) is 0 Å². The van der Waals surface area contributed by atoms with Crippen molar-refractivity contribution >= 4 is 21.8 Å². The molecular formula is C15H19BrN2O2. The van der Waals surface area contributed by atoms with Crippen LogP contribution in [-0.4, -0.2) is 25.6 Å². The fraction of sp³-hybridized carbons (Fsp3) is 0.533. The van der Waals surface area contributed by atoms with E-state index in [2.05, 4.69) is 38.7 Å². The summed E-state index contributed by atoms with van der Waals surface area (Å²) in [7, 11) is 0. The van der Waals surface area contributed by atoms with Crippen LogP contribution in [0.15, 0.2) is 16.6 Å². The number of benzene rings is 1. The van der Waals surface area contributed by atoms with Gasteiger partial charge in [0.05, 0.1) is 13.2 Å². The number of hydrogen-bond acceptors (Lipinski definition) is 3. The normalized spacial score (nSPS) is 16.6. The second-order valence-corrected chi connectivity index (χ2v) is 6.42. The maximum absolute atomic E-state index is 11.7. The summed E-state index contributed by atoms with van der Waals surface area (Å²) in [4.78, 5) is 11.7. The molecule has 5 heteroatoms. The summed E-state index contributed by atoms with van der Waals surface area (Å²) in [5.74, 6) is 1.78. The molecule has 4 nitrogen and oxygen atoms in total. The van der Waals surface area contributed by atoms with Gasteiger partial charge in [-0.05, 0) is 36.5 Å². The topological polar surface area (TPSA) is 50.4 Å². The molecule has 1 aliphatic carbocycles. The van der Waals surface area contributed by atoms with E-state index in [1.807, 2.05) is 0 Å². The first-order valence-corrected chi connectivity index (χ1v) is 7.93. The summed E-state index contributed by atoms with van der Waals surface area (Å²) >= 11 is 3.52. The standard InChI is InChI=1S/C15H19BrN2O2/c16-13-5-11-3-4-20-15(11)12(6-13)8-17-9-14(19)18-7-10-1-2-10/h5-6,10,17H,1-4,7-9H2,(H,18,19). The van der Waals surface area contributed by atoms with Gasteiger partial charge >= 0.3 is 0 Å². The number of halogens is 1. The number of fused-ring (bicyclic) bond motifs is 1. The number of hydrogen-bond donors (Lipinski definition) is 2. The highest BCUT2D eigenvalue weighted by Crippen LogP contribution is 2.32. The molecule has 1 saturated carbocycles. The molecule has 0 atom stereocenters. The number of amides is 1. The molecule has 2 N–H and O–H groups in total. The minimum atomic E-state index is 0.0736. The minimum absolute atomic E-state index is 0.0736. The summed E-state index contributed by atoms with van der Waals surface area (Å²) in [6.07, 6.45) is 3.48. The van der Waals surface area contributed by atoms with Crippen molar-refractivity contribution in [3.8, 4) is 5.75 Å². The maximum atomic E-state index is 11.7. The highest BCUT2D eigenvalue weighted by atomic mass is 79.9. The Morgan fingerprint density at radius 2 is 2.25 bits per heavy atom. The average Bonchev–Trinajstić information content (AvgIpc) is 3.13. The zero-order valence-electron chi connectivity index (χ0n) is 11.4. The lowest BCUT2D eigenvalue weighted by Gasteiger charge is -2.10. The third kappa shape index (κ3) is 3.52. The largest absolute Gasteiger partial charge is 0.493 e. The minimum Gasteiger partial charge on any atom is -0.493 e. The predicted octanol–water partition coefficient (Wildman–Crippen LogP) is 2.00. The Kier molecular flexibility index (Phi) is 4.27. The first kappa shape index (κ1) is 13.9. The molecule has 2 aliphatic rings. The van der Waals surface area contributed by atoms with Crippen molar-refractivity contribution in [2.45, 2.75) is 25.8 Å². The molecule has 1 aromatic rings. The van der Waals surface area contributed by atoms with E-state index in [1.165, 1.54) is 18.4 Å². The third-order valence-electron chi connectivity index (χ3n) is 3.71. The van der Waals surface area contributed by atoms with Crippen LogP contribution in [0.1, 0.15) is 24.0 Å². The van der Waals surface area contributed by atoms with Crippen molar-refractivity contribution in [2.24, 2.45) is 5.92 Å². The number of ether oxygens (including phenoxy) is 1. The van der Waals surface area contributed by atoms with Gasteiger partial charge in [0, 0.05) is 29.5 Å². The maximum Gasteiger partial charge on any atom is 0.233 e. The van der Waals surface area contributed by atoms with Gasteiger partial charge in [0.25, 0.3) is 0 Å². The Morgan fingerprint density at radius 3 is 3.05 bits per heavy atom. The number of nitrogens with one attached hydrogen (secondary N) is 2. The quantitative estimate of drug-likeness (QED) is 0.834. The molecule has 0 spiro atoms. The van der Waals surface area contributed by atoms with Crippen molar-refractivity contribution in [3.05, 3.63) is 27.7 Å². The molecule has 0 unspecified atom stereocenters. The number of rotatable bonds is 6. The molecule has 1 aliphatic heterocycles. The third-order valence-corrected chi connectivity index (χ3v) is 4.17. The second-order valence-electron chi connectivity index (χ2n) is 5.50. The lowest BCUT2D eigenvalue weighted by molar-refractivity contribution is -0.120. The van der Waals surface area contributed by atoms with Gasteiger partial charge in [0.1, 0.15) is 5.75 Å². The fourth-order valence-electron chi connectivity index (χ4n) is 2.43. The van der Waals surface area contributed by atoms with Gasteiger partial charge in [-0.2, -0.15) is 0 Å². The van der Waals surface area contributed by atoms with E-state index in [9.17, 15) is 4.79 Å². The lowest BCUT2D eigenvalue weighted by Crippen LogP contribution is -2.34. The molecule has 3 rings (SSSR count). The van der Waals surface area contributed by atoms with Crippen LogP contribution in [-0.2, 0) is 17.8 Å². The molecule has 1 heterocycles. The number of carbonyl (C=O) groups is 1. The predicted molar refractivity (Wildman–Crippen MR) is 80.8 cm³/mol. The zero-order valence-corrected chi connectivity index (χ0v) is 13.0. The van der Waals surface area contributed by atoms with Crippen LogP contribution >= 0.6 is 15.9 Å². The molecule has 108 valence electrons. The Hall–Kier alpha value is -1.07. The van der Waals surface area contributed by atoms with Crippen LogP contribution in [0.5, 0.6) is 5.75 Å². The summed E-state index contributed by atoms with van der Waals surface area (Å²) in [5, 5.41) is 6.14. The van der Waals surface area contributed by atoms with Crippen LogP contribution in [0.4, 0.5) is 0 Å². The van der Waals surface area contributed by atoms with Crippen LogP contribution in [0.3, 0.4) is 0 Å². The molecule has 1 fully saturated rings. The van der Waals surface area contributed by atoms with E-state index in [-0.39, 0.29) is 5.91 Å². The monoisotopic (exact) mass is 338 g/mol. The second kappa shape index (κ2) is 6.14. The first-order chi connectivity index (χ1) is 9.72. The molecule has 0 saturated heterocycles. The Labute approximate surface area is 127 Å². The molecule has 0 radical (unpaired) electrons. The summed E-state index contributed by atoms with van der Waals surface area (Å²) in [5.41, 5.74) is 2.36. The average molecular weight is 339 g/mol. The van der Waals surface area contributed by atoms with E-state index in [1.54, 1.807) is 0 Å². The van der Waals surface area contributed by atoms with Gasteiger partial charge in [-0.1, -0.05) is 15.9 Å². The molecular weight excluding hydrogens is 320 g/mol. The Balaban J connectivity index is 1.49. The van der Waals surface area contributed by atoms with Gasteiger partial charge in [-0.15, -0.1) is 0 Å². The van der Waals surface area contributed by atoms with Crippen molar-refractivity contribution in [3.63, 3.8) is 0 Å². The van der Waals surface area contributed by atoms with Crippen LogP contribution in [0.25, 0.3) is 0 Å². The van der Waals surface area contributed by atoms with Gasteiger partial charge in [0.2, 0.25) is 5.91 Å². The van der Waals surface area contributed by atoms with Crippen molar-refractivity contribution in [1.29, 1.82) is 0 Å². The van der Waals surface area contributed by atoms with E-state index in [0.29, 0.717) is 13.1 Å². The lowest BCUT2D eigenvalue weighted by atomic mass is 10.1. The smallest absolute Gasteiger partial charge is 0.233 e. The van der Waals surface area contributed by atoms with Crippen molar-refractivity contribution in [2.75, 3.05) is 19.7 Å². The summed E-state index contributed by atoms with van der Waals surface area (Å²) in [6.45, 7) is 2.59. The van der Waals surface area contributed by atoms with Gasteiger partial charge < -0.3 is 15.4 Å². The highest BCUT2D eigenvalue weighted by Gasteiger charge is 2.21. The van der Waals surface area contributed by atoms with Gasteiger partial charge in [0.15, 0.2) is 0 Å². The fourth-order valence-corrected chi connectivity index (χ4v) is 2.98. The molecule has 0 bridgehead atoms. The SMILES string of the molecule is O=C(CNCc1cc(Br)cc2c1OCC2)NCC1CC1. The van der Waals surface area contributed by atoms with E-state index in [0.717, 1.165) is 41.3 Å². The van der Waals surface area contributed by atoms with E-state index in [4.69, 9.17) is 4.74 Å². The molecule has 1 aromatic carbocycles. The van der Waals surface area contributed by atoms with Crippen molar-refractivity contribution < 1.29 is 9.53 Å². The summed E-state index contributed by atoms with van der Waals surface area (Å²) < 4.78 is 6.73. The van der Waals surface area contributed by atoms with E-state index < -0.39 is 0 Å². The zero-order chi connectivity index (χ0) is 13.9. The molecule has 1 amide bonds. The van der Waals surface area contributed by atoms with Gasteiger partial charge in [-0.3, -0.25) is 4.79 Å². The van der Waals surface area contributed by atoms with Crippen LogP contribution in [0, 0.1) is 5.92 Å². The van der Waals surface area contributed by atoms with Crippen LogP contribution < -0.4 is 15.4 Å². The Bertz CT molecular complexity index is 515. The number of carbonyl (C=O) groups excluding carboxylic acids is 1.